The molecule has 1 saturated carbocycles. The molecule has 1 aliphatic carbocycles. The molecule has 1 aromatic rings. The predicted molar refractivity (Wildman–Crippen MR) is 83.9 cm³/mol. The van der Waals surface area contributed by atoms with Gasteiger partial charge in [-0.15, -0.1) is 10.2 Å². The highest BCUT2D eigenvalue weighted by Gasteiger charge is 2.25. The monoisotopic (exact) mass is 312 g/mol. The Kier molecular flexibility index (Phi) is 5.90. The van der Waals surface area contributed by atoms with E-state index < -0.39 is 5.97 Å². The minimum atomic E-state index is -0.827. The molecule has 0 unspecified atom stereocenters. The Morgan fingerprint density at radius 3 is 2.62 bits per heavy atom. The molecule has 6 nitrogen and oxygen atoms in total. The van der Waals surface area contributed by atoms with Gasteiger partial charge in [0.15, 0.2) is 5.16 Å². The van der Waals surface area contributed by atoms with Crippen molar-refractivity contribution < 1.29 is 9.90 Å². The highest BCUT2D eigenvalue weighted by Crippen LogP contribution is 2.28. The first kappa shape index (κ1) is 16.1. The van der Waals surface area contributed by atoms with Crippen molar-refractivity contribution in [3.63, 3.8) is 0 Å². The number of aliphatic carboxylic acids is 1. The first-order chi connectivity index (χ1) is 10.2. The second-order valence-corrected chi connectivity index (χ2v) is 6.23. The second kappa shape index (κ2) is 7.68. The number of hydrogen-bond acceptors (Lipinski definition) is 5. The van der Waals surface area contributed by atoms with Gasteiger partial charge in [0.2, 0.25) is 5.95 Å². The largest absolute Gasteiger partial charge is 0.481 e. The molecule has 118 valence electrons. The van der Waals surface area contributed by atoms with Crippen molar-refractivity contribution in [2.24, 2.45) is 0 Å². The van der Waals surface area contributed by atoms with Crippen LogP contribution in [0.2, 0.25) is 0 Å². The van der Waals surface area contributed by atoms with E-state index >= 15 is 0 Å². The number of carbonyl (C=O) groups is 1. The number of carboxylic acid groups (broad SMARTS) is 1. The number of nitrogens with zero attached hydrogens (tertiary/aromatic N) is 4. The molecule has 2 rings (SSSR count). The number of aromatic nitrogens is 3. The predicted octanol–water partition coefficient (Wildman–Crippen LogP) is 2.63. The van der Waals surface area contributed by atoms with Crippen LogP contribution in [-0.4, -0.2) is 44.2 Å². The fourth-order valence-corrected chi connectivity index (χ4v) is 3.68. The zero-order valence-electron chi connectivity index (χ0n) is 12.8. The minimum Gasteiger partial charge on any atom is -0.481 e. The molecule has 0 atom stereocenters. The maximum absolute atomic E-state index is 10.7. The molecule has 0 saturated heterocycles. The maximum atomic E-state index is 10.7. The van der Waals surface area contributed by atoms with E-state index in [2.05, 4.69) is 22.0 Å². The van der Waals surface area contributed by atoms with Gasteiger partial charge in [-0.05, 0) is 26.7 Å². The average molecular weight is 312 g/mol. The fourth-order valence-electron chi connectivity index (χ4n) is 2.96. The Hall–Kier alpha value is -1.24. The normalized spacial score (nSPS) is 16.1. The number of hydrogen-bond donors (Lipinski definition) is 1. The summed E-state index contributed by atoms with van der Waals surface area (Å²) in [5, 5.41) is 18.0. The molecule has 0 aromatic carbocycles. The van der Waals surface area contributed by atoms with Gasteiger partial charge in [0.05, 0.1) is 5.75 Å². The summed E-state index contributed by atoms with van der Waals surface area (Å²) in [6.45, 7) is 5.86. The van der Waals surface area contributed by atoms with Gasteiger partial charge in [-0.1, -0.05) is 31.0 Å². The van der Waals surface area contributed by atoms with Crippen LogP contribution in [0.25, 0.3) is 0 Å². The summed E-state index contributed by atoms with van der Waals surface area (Å²) < 4.78 is 2.03. The van der Waals surface area contributed by atoms with E-state index in [9.17, 15) is 4.79 Å². The van der Waals surface area contributed by atoms with Gasteiger partial charge in [-0.2, -0.15) is 0 Å². The molecule has 1 aliphatic rings. The van der Waals surface area contributed by atoms with E-state index in [1.807, 2.05) is 11.5 Å². The van der Waals surface area contributed by atoms with Crippen LogP contribution < -0.4 is 4.90 Å². The Labute approximate surface area is 129 Å². The van der Waals surface area contributed by atoms with Crippen LogP contribution in [-0.2, 0) is 11.3 Å². The maximum Gasteiger partial charge on any atom is 0.313 e. The molecular formula is C14H24N4O2S. The summed E-state index contributed by atoms with van der Waals surface area (Å²) in [6, 6.07) is 0.538. The summed E-state index contributed by atoms with van der Waals surface area (Å²) in [5.41, 5.74) is 0. The SMILES string of the molecule is CCN(c1nnc(SCC(=O)O)n1CC)C1CCCCC1. The number of thioether (sulfide) groups is 1. The van der Waals surface area contributed by atoms with E-state index in [1.165, 1.54) is 43.9 Å². The van der Waals surface area contributed by atoms with Crippen molar-refractivity contribution in [1.82, 2.24) is 14.8 Å². The van der Waals surface area contributed by atoms with Gasteiger partial charge in [-0.25, -0.2) is 0 Å². The molecule has 7 heteroatoms. The first-order valence-corrected chi connectivity index (χ1v) is 8.70. The Morgan fingerprint density at radius 1 is 1.33 bits per heavy atom. The lowest BCUT2D eigenvalue weighted by atomic mass is 9.94. The molecule has 0 bridgehead atoms. The van der Waals surface area contributed by atoms with Crippen molar-refractivity contribution in [2.75, 3.05) is 17.2 Å². The number of rotatable bonds is 7. The second-order valence-electron chi connectivity index (χ2n) is 5.29. The lowest BCUT2D eigenvalue weighted by Gasteiger charge is -2.34. The lowest BCUT2D eigenvalue weighted by Crippen LogP contribution is -2.38. The molecule has 1 N–H and O–H groups in total. The van der Waals surface area contributed by atoms with Gasteiger partial charge in [0.1, 0.15) is 0 Å². The molecular weight excluding hydrogens is 288 g/mol. The van der Waals surface area contributed by atoms with Crippen molar-refractivity contribution in [2.45, 2.75) is 63.7 Å². The molecule has 0 amide bonds. The third-order valence-electron chi connectivity index (χ3n) is 3.95. The van der Waals surface area contributed by atoms with Crippen LogP contribution in [0.4, 0.5) is 5.95 Å². The summed E-state index contributed by atoms with van der Waals surface area (Å²) in [5.74, 6) is 0.0832. The zero-order chi connectivity index (χ0) is 15.2. The summed E-state index contributed by atoms with van der Waals surface area (Å²) in [6.07, 6.45) is 6.31. The molecule has 1 aromatic heterocycles. The van der Waals surface area contributed by atoms with Crippen LogP contribution in [0.1, 0.15) is 46.0 Å². The highest BCUT2D eigenvalue weighted by atomic mass is 32.2. The topological polar surface area (TPSA) is 71.2 Å². The van der Waals surface area contributed by atoms with Crippen molar-refractivity contribution in [3.05, 3.63) is 0 Å². The molecule has 1 heterocycles. The molecule has 0 spiro atoms. The standard InChI is InChI=1S/C14H24N4O2S/c1-3-17(11-8-6-5-7-9-11)13-15-16-14(18(13)4-2)21-10-12(19)20/h11H,3-10H2,1-2H3,(H,19,20). The summed E-state index contributed by atoms with van der Waals surface area (Å²) >= 11 is 1.24. The number of anilines is 1. The van der Waals surface area contributed by atoms with E-state index in [1.54, 1.807) is 0 Å². The van der Waals surface area contributed by atoms with Gasteiger partial charge in [0, 0.05) is 19.1 Å². The smallest absolute Gasteiger partial charge is 0.313 e. The van der Waals surface area contributed by atoms with Crippen LogP contribution in [0.3, 0.4) is 0 Å². The Bertz CT molecular complexity index is 472. The zero-order valence-corrected chi connectivity index (χ0v) is 13.6. The van der Waals surface area contributed by atoms with E-state index in [4.69, 9.17) is 5.11 Å². The minimum absolute atomic E-state index is 0.0215. The lowest BCUT2D eigenvalue weighted by molar-refractivity contribution is -0.133. The first-order valence-electron chi connectivity index (χ1n) is 7.71. The van der Waals surface area contributed by atoms with E-state index in [-0.39, 0.29) is 5.75 Å². The van der Waals surface area contributed by atoms with E-state index in [0.29, 0.717) is 11.2 Å². The Balaban J connectivity index is 2.18. The van der Waals surface area contributed by atoms with Gasteiger partial charge < -0.3 is 10.0 Å². The summed E-state index contributed by atoms with van der Waals surface area (Å²) in [7, 11) is 0. The summed E-state index contributed by atoms with van der Waals surface area (Å²) in [4.78, 5) is 13.1. The van der Waals surface area contributed by atoms with Gasteiger partial charge in [-0.3, -0.25) is 9.36 Å². The van der Waals surface area contributed by atoms with Crippen LogP contribution >= 0.6 is 11.8 Å². The fraction of sp³-hybridized carbons (Fsp3) is 0.786. The molecule has 0 radical (unpaired) electrons. The quantitative estimate of drug-likeness (QED) is 0.780. The van der Waals surface area contributed by atoms with Gasteiger partial charge in [0.25, 0.3) is 0 Å². The molecule has 1 fully saturated rings. The third-order valence-corrected chi connectivity index (χ3v) is 4.90. The van der Waals surface area contributed by atoms with Crippen LogP contribution in [0.5, 0.6) is 0 Å². The average Bonchev–Trinajstić information content (AvgIpc) is 2.90. The third kappa shape index (κ3) is 3.90. The van der Waals surface area contributed by atoms with Crippen molar-refractivity contribution in [3.8, 4) is 0 Å². The molecule has 21 heavy (non-hydrogen) atoms. The van der Waals surface area contributed by atoms with Crippen LogP contribution in [0, 0.1) is 0 Å². The van der Waals surface area contributed by atoms with Gasteiger partial charge >= 0.3 is 5.97 Å². The van der Waals surface area contributed by atoms with E-state index in [0.717, 1.165) is 19.0 Å². The number of carboxylic acids is 1. The van der Waals surface area contributed by atoms with Crippen molar-refractivity contribution >= 4 is 23.7 Å². The van der Waals surface area contributed by atoms with Crippen molar-refractivity contribution in [1.29, 1.82) is 0 Å². The highest BCUT2D eigenvalue weighted by molar-refractivity contribution is 7.99. The Morgan fingerprint density at radius 2 is 2.05 bits per heavy atom. The molecule has 0 aliphatic heterocycles. The van der Waals surface area contributed by atoms with Crippen LogP contribution in [0.15, 0.2) is 5.16 Å².